The third-order valence-electron chi connectivity index (χ3n) is 21.4. The third-order valence-corrected chi connectivity index (χ3v) is 23.1. The van der Waals surface area contributed by atoms with Crippen LogP contribution in [0.2, 0.25) is 5.02 Å². The standard InChI is InChI=1S/C30H26N4O2.C28H24N4O2S.C24H22N4O2S.C20H17ClN6O2/c1-2-34-30(36)29(32-25-20-31-19-23-15-9-10-16-24(23)25)27(28(33-34)22-13-7-4-8-14-22)26(35)18-17-21-11-5-3-6-12-21;1-2-32-28(34)27(30-23-12-6-11-22-21(23)10-7-16-29-22)25(24(33)14-13-19-15-17-35-18-19)26(31-32)20-8-4-3-5-9-20;1-2-28-24(30)23(26-19-9-6-13-25-15-19)21(20(29)11-10-17-12-14-31-16-17)22(27-28)18-7-4-3-5-8-18;1-3-27-20(29)17(23-13-7-4-6-12(21)10-13)15(11(2)28)16(26-27)19-24-14-8-5-9-22-18(14)25-19/h3-16,19-20,32H,2,17-18H2,1H3;3-12,15-18,30H,2,13-14H2,1H3;3-9,12-16,26H,2,10-11H2,1H3;4-10,23H,3H2,1-2H3,(H,22,24,25). The van der Waals surface area contributed by atoms with E-state index < -0.39 is 5.56 Å². The molecular formula is C102H89ClN18O8S2. The number of fused-ring (bicyclic) bond motifs is 3. The van der Waals surface area contributed by atoms with Crippen LogP contribution in [-0.2, 0) is 45.4 Å². The molecule has 654 valence electrons. The molecule has 0 bridgehead atoms. The van der Waals surface area contributed by atoms with Crippen molar-refractivity contribution in [2.45, 2.75) is 99.3 Å². The van der Waals surface area contributed by atoms with Crippen LogP contribution in [0.25, 0.3) is 78.1 Å². The number of halogens is 1. The summed E-state index contributed by atoms with van der Waals surface area (Å²) in [6, 6.07) is 73.9. The van der Waals surface area contributed by atoms with Gasteiger partial charge in [0.1, 0.15) is 45.5 Å². The smallest absolute Gasteiger partial charge is 0.291 e. The summed E-state index contributed by atoms with van der Waals surface area (Å²) >= 11 is 9.27. The van der Waals surface area contributed by atoms with E-state index in [0.717, 1.165) is 55.1 Å². The number of nitrogens with one attached hydrogen (secondary N) is 5. The first-order chi connectivity index (χ1) is 63.9. The molecule has 7 aromatic carbocycles. The highest BCUT2D eigenvalue weighted by Gasteiger charge is 2.30. The number of thiophene rings is 2. The number of carbonyl (C=O) groups is 4. The van der Waals surface area contributed by atoms with Gasteiger partial charge in [-0.1, -0.05) is 169 Å². The van der Waals surface area contributed by atoms with Crippen LogP contribution < -0.4 is 43.5 Å². The summed E-state index contributed by atoms with van der Waals surface area (Å²) in [6.45, 7) is 10.3. The second-order valence-corrected chi connectivity index (χ2v) is 32.0. The molecule has 11 aromatic heterocycles. The van der Waals surface area contributed by atoms with E-state index in [9.17, 15) is 38.4 Å². The topological polar surface area (TPSA) is 336 Å². The van der Waals surface area contributed by atoms with E-state index in [1.54, 1.807) is 103 Å². The molecular weight excluding hydrogens is 1700 g/mol. The minimum absolute atomic E-state index is 0.121. The summed E-state index contributed by atoms with van der Waals surface area (Å²) in [5.74, 6) is -0.333. The minimum atomic E-state index is -0.407. The summed E-state index contributed by atoms with van der Waals surface area (Å²) in [6.07, 6.45) is 12.7. The Kier molecular flexibility index (Phi) is 29.3. The zero-order valence-electron chi connectivity index (χ0n) is 72.1. The van der Waals surface area contributed by atoms with Gasteiger partial charge in [0.25, 0.3) is 22.2 Å². The first kappa shape index (κ1) is 90.0. The molecule has 0 fully saturated rings. The number of aryl methyl sites for hydroxylation is 7. The number of nitrogens with zero attached hydrogens (tertiary/aromatic N) is 13. The monoisotopic (exact) mass is 1790 g/mol. The Morgan fingerprint density at radius 1 is 0.397 bits per heavy atom. The van der Waals surface area contributed by atoms with Crippen molar-refractivity contribution in [3.05, 3.63) is 381 Å². The highest BCUT2D eigenvalue weighted by molar-refractivity contribution is 7.08. The lowest BCUT2D eigenvalue weighted by Crippen LogP contribution is -2.28. The summed E-state index contributed by atoms with van der Waals surface area (Å²) in [4.78, 5) is 132. The summed E-state index contributed by atoms with van der Waals surface area (Å²) in [5, 5.41) is 42.3. The van der Waals surface area contributed by atoms with Crippen molar-refractivity contribution in [2.24, 2.45) is 0 Å². The summed E-state index contributed by atoms with van der Waals surface area (Å²) < 4.78 is 5.48. The minimum Gasteiger partial charge on any atom is -0.350 e. The van der Waals surface area contributed by atoms with Crippen LogP contribution >= 0.6 is 34.3 Å². The van der Waals surface area contributed by atoms with E-state index in [1.165, 1.54) is 25.7 Å². The molecule has 131 heavy (non-hydrogen) atoms. The Balaban J connectivity index is 0.000000134. The lowest BCUT2D eigenvalue weighted by Gasteiger charge is -2.18. The average Bonchev–Trinajstić information content (AvgIpc) is 1.62. The maximum Gasteiger partial charge on any atom is 0.291 e. The Bertz CT molecular complexity index is 7340. The highest BCUT2D eigenvalue weighted by atomic mass is 35.5. The molecule has 11 heterocycles. The highest BCUT2D eigenvalue weighted by Crippen LogP contribution is 2.37. The number of aromatic nitrogens is 14. The van der Waals surface area contributed by atoms with Crippen LogP contribution in [0.5, 0.6) is 0 Å². The van der Waals surface area contributed by atoms with E-state index in [2.05, 4.69) is 71.6 Å². The quantitative estimate of drug-likeness (QED) is 0.0272. The largest absolute Gasteiger partial charge is 0.350 e. The van der Waals surface area contributed by atoms with Gasteiger partial charge in [-0.25, -0.2) is 28.7 Å². The van der Waals surface area contributed by atoms with Gasteiger partial charge in [0.2, 0.25) is 0 Å². The van der Waals surface area contributed by atoms with E-state index in [1.807, 2.05) is 242 Å². The van der Waals surface area contributed by atoms with E-state index in [0.29, 0.717) is 124 Å². The zero-order valence-corrected chi connectivity index (χ0v) is 74.5. The van der Waals surface area contributed by atoms with Gasteiger partial charge >= 0.3 is 0 Å². The number of hydrogen-bond acceptors (Lipinski definition) is 23. The van der Waals surface area contributed by atoms with Crippen LogP contribution in [0.15, 0.2) is 314 Å². The molecule has 18 aromatic rings. The molecule has 0 aliphatic carbocycles. The van der Waals surface area contributed by atoms with Crippen molar-refractivity contribution in [2.75, 3.05) is 21.3 Å². The molecule has 0 saturated carbocycles. The second-order valence-electron chi connectivity index (χ2n) is 30.0. The molecule has 0 aliphatic heterocycles. The van der Waals surface area contributed by atoms with Crippen molar-refractivity contribution in [1.82, 2.24) is 69.0 Å². The number of H-pyrrole nitrogens is 1. The fourth-order valence-corrected chi connectivity index (χ4v) is 16.5. The molecule has 0 radical (unpaired) electrons. The van der Waals surface area contributed by atoms with Crippen LogP contribution in [0.3, 0.4) is 0 Å². The van der Waals surface area contributed by atoms with Gasteiger partial charge in [0.15, 0.2) is 34.6 Å². The van der Waals surface area contributed by atoms with E-state index >= 15 is 0 Å². The average molecular weight is 1790 g/mol. The van der Waals surface area contributed by atoms with Crippen LogP contribution in [0.1, 0.15) is 112 Å². The lowest BCUT2D eigenvalue weighted by molar-refractivity contribution is 0.0975. The normalized spacial score (nSPS) is 10.9. The number of anilines is 8. The van der Waals surface area contributed by atoms with Gasteiger partial charge in [-0.05, 0) is 171 Å². The zero-order chi connectivity index (χ0) is 91.3. The first-order valence-corrected chi connectivity index (χ1v) is 44.9. The second kappa shape index (κ2) is 42.7. The van der Waals surface area contributed by atoms with E-state index in [4.69, 9.17) is 11.6 Å². The van der Waals surface area contributed by atoms with Gasteiger partial charge in [0, 0.05) is 119 Å². The lowest BCUT2D eigenvalue weighted by atomic mass is 9.97. The van der Waals surface area contributed by atoms with Gasteiger partial charge < -0.3 is 26.3 Å². The molecule has 5 N–H and O–H groups in total. The van der Waals surface area contributed by atoms with Gasteiger partial charge in [0.05, 0.1) is 57.1 Å². The summed E-state index contributed by atoms with van der Waals surface area (Å²) in [7, 11) is 0. The number of benzene rings is 7. The molecule has 29 heteroatoms. The predicted octanol–water partition coefficient (Wildman–Crippen LogP) is 20.9. The maximum atomic E-state index is 13.8. The first-order valence-electron chi connectivity index (χ1n) is 42.6. The number of aromatic amines is 1. The van der Waals surface area contributed by atoms with Crippen molar-refractivity contribution >= 4 is 136 Å². The number of pyridine rings is 4. The van der Waals surface area contributed by atoms with Crippen LogP contribution in [-0.4, -0.2) is 92.2 Å². The Hall–Kier alpha value is -15.8. The molecule has 18 rings (SSSR count). The van der Waals surface area contributed by atoms with Gasteiger partial charge in [-0.3, -0.25) is 53.3 Å². The summed E-state index contributed by atoms with van der Waals surface area (Å²) in [5.41, 5.74) is 12.5. The van der Waals surface area contributed by atoms with Gasteiger partial charge in [-0.15, -0.1) is 0 Å². The predicted molar refractivity (Wildman–Crippen MR) is 521 cm³/mol. The number of imidazole rings is 1. The molecule has 0 spiro atoms. The van der Waals surface area contributed by atoms with Crippen molar-refractivity contribution in [3.63, 3.8) is 0 Å². The fraction of sp³-hybridized carbons (Fsp3) is 0.147. The van der Waals surface area contributed by atoms with E-state index in [-0.39, 0.29) is 93.1 Å². The maximum absolute atomic E-state index is 13.8. The van der Waals surface area contributed by atoms with Crippen molar-refractivity contribution in [3.8, 4) is 45.3 Å². The number of carbonyl (C=O) groups excluding carboxylic acids is 4. The number of hydrogen-bond donors (Lipinski definition) is 5. The Labute approximate surface area is 765 Å². The van der Waals surface area contributed by atoms with Gasteiger partial charge in [-0.2, -0.15) is 43.1 Å². The molecule has 26 nitrogen and oxygen atoms in total. The number of ketones is 4. The third kappa shape index (κ3) is 21.2. The molecule has 0 amide bonds. The van der Waals surface area contributed by atoms with Crippen LogP contribution in [0, 0.1) is 0 Å². The molecule has 0 aliphatic rings. The number of Topliss-reactive ketones (excluding diaryl/α,β-unsaturated/α-hetero) is 4. The van der Waals surface area contributed by atoms with Crippen LogP contribution in [0.4, 0.5) is 45.5 Å². The Morgan fingerprint density at radius 3 is 1.35 bits per heavy atom. The fourth-order valence-electron chi connectivity index (χ4n) is 14.9. The van der Waals surface area contributed by atoms with Crippen molar-refractivity contribution in [1.29, 1.82) is 0 Å². The molecule has 0 saturated heterocycles. The SMILES string of the molecule is CCn1nc(-c2ccccc2)c(C(=O)CCc2ccccc2)c(Nc2cncc3ccccc23)c1=O.CCn1nc(-c2ccccc2)c(C(=O)CCc2ccsc2)c(Nc2cccc3ncccc23)c1=O.CCn1nc(-c2ccccc2)c(C(=O)CCc2ccsc2)c(Nc2cccnc2)c1=O.CCn1nc(-c2nc3ncccc3[nH]2)c(C(C)=O)c(Nc2cccc(Cl)c2)c1=O. The molecule has 0 atom stereocenters. The molecule has 0 unspecified atom stereocenters. The Morgan fingerprint density at radius 2 is 0.847 bits per heavy atom. The van der Waals surface area contributed by atoms with Crippen molar-refractivity contribution < 1.29 is 19.2 Å². The number of rotatable bonds is 29.